The predicted octanol–water partition coefficient (Wildman–Crippen LogP) is 5.26. The molecule has 158 valence electrons. The Morgan fingerprint density at radius 3 is 0.967 bits per heavy atom. The summed E-state index contributed by atoms with van der Waals surface area (Å²) >= 11 is 0. The van der Waals surface area contributed by atoms with Gasteiger partial charge in [-0.25, -0.2) is 26.3 Å². The van der Waals surface area contributed by atoms with Crippen LogP contribution in [-0.4, -0.2) is 0 Å². The summed E-state index contributed by atoms with van der Waals surface area (Å²) in [5.41, 5.74) is 0. The van der Waals surface area contributed by atoms with Crippen LogP contribution in [0.3, 0.4) is 0 Å². The fourth-order valence-corrected chi connectivity index (χ4v) is 5.53. The summed E-state index contributed by atoms with van der Waals surface area (Å²) in [6.45, 7) is 0. The Bertz CT molecular complexity index is 1030. The smallest absolute Gasteiger partial charge is 0.200 e. The van der Waals surface area contributed by atoms with Crippen molar-refractivity contribution in [3.63, 3.8) is 0 Å². The van der Waals surface area contributed by atoms with Gasteiger partial charge in [-0.1, -0.05) is 18.2 Å². The first-order valence-corrected chi connectivity index (χ1v) is 9.32. The van der Waals surface area contributed by atoms with Gasteiger partial charge in [0, 0.05) is 0 Å². The molecule has 0 spiro atoms. The van der Waals surface area contributed by atoms with Crippen molar-refractivity contribution in [2.45, 2.75) is 0 Å². The summed E-state index contributed by atoms with van der Waals surface area (Å²) in [5.74, 6) is -27.3. The van der Waals surface area contributed by atoms with E-state index in [1.165, 1.54) is 6.07 Å². The largest absolute Gasteiger partial charge is 0.311 e. The maximum atomic E-state index is 16.3. The first-order chi connectivity index (χ1) is 14.0. The van der Waals surface area contributed by atoms with Crippen molar-refractivity contribution in [2.75, 3.05) is 0 Å². The van der Waals surface area contributed by atoms with E-state index >= 15 is 4.20 Å². The molecule has 0 bridgehead atoms. The molecule has 30 heavy (non-hydrogen) atoms. The molecule has 0 fully saturated rings. The molecular weight excluding hydrogens is 456 g/mol. The summed E-state index contributed by atoms with van der Waals surface area (Å²) in [5, 5.41) is -5.74. The molecular formula is C18H5F11P+. The van der Waals surface area contributed by atoms with Crippen LogP contribution in [0.25, 0.3) is 0 Å². The highest BCUT2D eigenvalue weighted by Crippen LogP contribution is 2.59. The van der Waals surface area contributed by atoms with Gasteiger partial charge in [-0.05, 0) is 16.3 Å². The zero-order valence-electron chi connectivity index (χ0n) is 14.0. The van der Waals surface area contributed by atoms with Crippen molar-refractivity contribution in [1.29, 1.82) is 0 Å². The minimum atomic E-state index is -6.12. The molecule has 3 aromatic carbocycles. The van der Waals surface area contributed by atoms with Crippen molar-refractivity contribution in [3.05, 3.63) is 88.5 Å². The molecule has 3 aromatic rings. The van der Waals surface area contributed by atoms with Crippen molar-refractivity contribution < 1.29 is 48.1 Å². The average Bonchev–Trinajstić information content (AvgIpc) is 2.74. The van der Waals surface area contributed by atoms with Crippen LogP contribution in [0.1, 0.15) is 0 Å². The second kappa shape index (κ2) is 7.54. The quantitative estimate of drug-likeness (QED) is 0.216. The predicted molar refractivity (Wildman–Crippen MR) is 85.8 cm³/mol. The fraction of sp³-hybridized carbons (Fsp3) is 0. The van der Waals surface area contributed by atoms with Gasteiger partial charge in [0.05, 0.1) is 0 Å². The van der Waals surface area contributed by atoms with E-state index < -0.39 is 81.7 Å². The van der Waals surface area contributed by atoms with E-state index in [4.69, 9.17) is 0 Å². The van der Waals surface area contributed by atoms with Crippen LogP contribution < -0.4 is 15.9 Å². The number of benzene rings is 3. The van der Waals surface area contributed by atoms with Gasteiger partial charge in [0.1, 0.15) is 5.30 Å². The van der Waals surface area contributed by atoms with Gasteiger partial charge in [-0.3, -0.25) is 0 Å². The van der Waals surface area contributed by atoms with Crippen LogP contribution in [0.15, 0.2) is 30.3 Å². The van der Waals surface area contributed by atoms with Crippen molar-refractivity contribution >= 4 is 23.5 Å². The molecule has 0 aromatic heterocycles. The number of halogens is 11. The van der Waals surface area contributed by atoms with Gasteiger partial charge >= 0.3 is 7.57 Å². The highest BCUT2D eigenvalue weighted by molar-refractivity contribution is 7.91. The van der Waals surface area contributed by atoms with Crippen molar-refractivity contribution in [3.8, 4) is 0 Å². The lowest BCUT2D eigenvalue weighted by molar-refractivity contribution is 0.382. The summed E-state index contributed by atoms with van der Waals surface area (Å²) in [6.07, 6.45) is 0. The van der Waals surface area contributed by atoms with E-state index in [2.05, 4.69) is 0 Å². The molecule has 3 rings (SSSR count). The Balaban J connectivity index is 2.60. The van der Waals surface area contributed by atoms with Gasteiger partial charge < -0.3 is 0 Å². The van der Waals surface area contributed by atoms with E-state index in [1.54, 1.807) is 0 Å². The lowest BCUT2D eigenvalue weighted by atomic mass is 10.3. The Kier molecular flexibility index (Phi) is 5.53. The first kappa shape index (κ1) is 22.0. The molecule has 0 aliphatic rings. The second-order valence-corrected chi connectivity index (χ2v) is 8.35. The van der Waals surface area contributed by atoms with Crippen molar-refractivity contribution in [1.82, 2.24) is 0 Å². The molecule has 0 saturated carbocycles. The molecule has 0 radical (unpaired) electrons. The standard InChI is InChI=1S/C18H5F11P/c19-7-9(21)13(25)17(14(26)10(7)22)30(29,6-4-2-1-3-5-6)18-15(27)11(23)8(20)12(24)16(18)28/h1-5H/q+1. The van der Waals surface area contributed by atoms with Crippen LogP contribution in [0.2, 0.25) is 0 Å². The molecule has 0 amide bonds. The van der Waals surface area contributed by atoms with Crippen molar-refractivity contribution in [2.24, 2.45) is 0 Å². The molecule has 0 aliphatic carbocycles. The zero-order chi connectivity index (χ0) is 22.5. The van der Waals surface area contributed by atoms with E-state index in [0.29, 0.717) is 12.1 Å². The summed E-state index contributed by atoms with van der Waals surface area (Å²) in [4.78, 5) is 0. The monoisotopic (exact) mass is 461 g/mol. The van der Waals surface area contributed by atoms with E-state index in [-0.39, 0.29) is 0 Å². The third kappa shape index (κ3) is 2.94. The van der Waals surface area contributed by atoms with Crippen LogP contribution in [0.4, 0.5) is 48.1 Å². The summed E-state index contributed by atoms with van der Waals surface area (Å²) in [6, 6.07) is 4.39. The van der Waals surface area contributed by atoms with E-state index in [9.17, 15) is 43.9 Å². The number of rotatable bonds is 3. The van der Waals surface area contributed by atoms with Gasteiger partial charge in [0.2, 0.25) is 68.8 Å². The van der Waals surface area contributed by atoms with E-state index in [1.807, 2.05) is 0 Å². The molecule has 0 unspecified atom stereocenters. The third-order valence-corrected chi connectivity index (χ3v) is 7.13. The normalized spacial score (nSPS) is 11.8. The van der Waals surface area contributed by atoms with Gasteiger partial charge in [0.25, 0.3) is 0 Å². The minimum Gasteiger partial charge on any atom is -0.200 e. The molecule has 0 saturated heterocycles. The Morgan fingerprint density at radius 2 is 0.667 bits per heavy atom. The minimum absolute atomic E-state index is 0.643. The SMILES string of the molecule is Fc1c(F)c(F)c([P+](F)(c2ccccc2)c2c(F)c(F)c(F)c(F)c2F)c(F)c1F. The Morgan fingerprint density at radius 1 is 0.400 bits per heavy atom. The highest BCUT2D eigenvalue weighted by atomic mass is 31.2. The Hall–Kier alpha value is -2.68. The molecule has 0 heterocycles. The lowest BCUT2D eigenvalue weighted by Crippen LogP contribution is -2.38. The number of hydrogen-bond acceptors (Lipinski definition) is 0. The molecule has 0 atom stereocenters. The molecule has 12 heteroatoms. The third-order valence-electron chi connectivity index (χ3n) is 4.10. The summed E-state index contributed by atoms with van der Waals surface area (Å²) < 4.78 is 155. The number of hydrogen-bond donors (Lipinski definition) is 0. The van der Waals surface area contributed by atoms with Gasteiger partial charge in [0.15, 0.2) is 0 Å². The summed E-state index contributed by atoms with van der Waals surface area (Å²) in [7, 11) is -6.12. The van der Waals surface area contributed by atoms with Crippen LogP contribution in [0.5, 0.6) is 0 Å². The average molecular weight is 461 g/mol. The van der Waals surface area contributed by atoms with Crippen LogP contribution in [-0.2, 0) is 0 Å². The first-order valence-electron chi connectivity index (χ1n) is 7.64. The molecule has 0 aliphatic heterocycles. The zero-order valence-corrected chi connectivity index (χ0v) is 14.9. The maximum Gasteiger partial charge on any atom is 0.311 e. The Labute approximate surface area is 161 Å². The van der Waals surface area contributed by atoms with E-state index in [0.717, 1.165) is 12.1 Å². The highest BCUT2D eigenvalue weighted by Gasteiger charge is 2.59. The van der Waals surface area contributed by atoms with Gasteiger partial charge in [-0.2, -0.15) is 17.6 Å². The molecule has 0 N–H and O–H groups in total. The second-order valence-electron chi connectivity index (χ2n) is 5.76. The maximum absolute atomic E-state index is 16.3. The topological polar surface area (TPSA) is 0 Å². The lowest BCUT2D eigenvalue weighted by Gasteiger charge is -2.19. The van der Waals surface area contributed by atoms with Crippen LogP contribution in [0, 0.1) is 58.2 Å². The fourth-order valence-electron chi connectivity index (χ4n) is 2.73. The van der Waals surface area contributed by atoms with Crippen LogP contribution >= 0.6 is 7.57 Å². The molecule has 0 nitrogen and oxygen atoms in total. The van der Waals surface area contributed by atoms with Gasteiger partial charge in [-0.15, -0.1) is 0 Å².